The summed E-state index contributed by atoms with van der Waals surface area (Å²) in [6, 6.07) is 4.85. The zero-order valence-corrected chi connectivity index (χ0v) is 11.2. The third kappa shape index (κ3) is 4.76. The predicted molar refractivity (Wildman–Crippen MR) is 69.4 cm³/mol. The van der Waals surface area contributed by atoms with Gasteiger partial charge in [-0.25, -0.2) is 0 Å². The Kier molecular flexibility index (Phi) is 5.13. The van der Waals surface area contributed by atoms with Crippen LogP contribution in [0.1, 0.15) is 19.4 Å². The number of halogens is 2. The normalized spacial score (nSPS) is 11.2. The largest absolute Gasteiger partial charge is 0.493 e. The van der Waals surface area contributed by atoms with Crippen molar-refractivity contribution in [3.63, 3.8) is 0 Å². The van der Waals surface area contributed by atoms with Gasteiger partial charge in [-0.05, 0) is 31.5 Å². The van der Waals surface area contributed by atoms with Crippen molar-refractivity contribution in [3.05, 3.63) is 23.8 Å². The number of hydrogen-bond acceptors (Lipinski definition) is 3. The van der Waals surface area contributed by atoms with Crippen molar-refractivity contribution < 1.29 is 18.3 Å². The van der Waals surface area contributed by atoms with Crippen LogP contribution < -0.4 is 14.8 Å². The second kappa shape index (κ2) is 6.39. The average Bonchev–Trinajstić information content (AvgIpc) is 2.36. The van der Waals surface area contributed by atoms with Gasteiger partial charge < -0.3 is 9.47 Å². The van der Waals surface area contributed by atoms with Gasteiger partial charge in [0.15, 0.2) is 11.5 Å². The molecule has 0 aliphatic rings. The molecule has 1 rings (SSSR count). The Balaban J connectivity index is 2.84. The maximum atomic E-state index is 12.3. The van der Waals surface area contributed by atoms with Crippen LogP contribution in [0, 0.1) is 12.3 Å². The van der Waals surface area contributed by atoms with Gasteiger partial charge in [0.05, 0.1) is 12.6 Å². The molecular weight excluding hydrogens is 252 g/mol. The zero-order chi connectivity index (χ0) is 14.5. The summed E-state index contributed by atoms with van der Waals surface area (Å²) in [5, 5.41) is 3.12. The fourth-order valence-corrected chi connectivity index (χ4v) is 1.39. The van der Waals surface area contributed by atoms with Gasteiger partial charge in [-0.15, -0.1) is 6.42 Å². The molecule has 3 nitrogen and oxygen atoms in total. The maximum absolute atomic E-state index is 12.3. The van der Waals surface area contributed by atoms with E-state index in [4.69, 9.17) is 11.2 Å². The summed E-state index contributed by atoms with van der Waals surface area (Å²) in [6.07, 6.45) is 5.36. The minimum Gasteiger partial charge on any atom is -0.493 e. The molecule has 0 atom stereocenters. The lowest BCUT2D eigenvalue weighted by molar-refractivity contribution is -0.0512. The predicted octanol–water partition coefficient (Wildman–Crippen LogP) is 2.80. The highest BCUT2D eigenvalue weighted by atomic mass is 19.3. The molecule has 1 aromatic carbocycles. The van der Waals surface area contributed by atoms with Gasteiger partial charge in [0.1, 0.15) is 0 Å². The number of rotatable bonds is 6. The van der Waals surface area contributed by atoms with E-state index in [-0.39, 0.29) is 11.5 Å². The van der Waals surface area contributed by atoms with Crippen LogP contribution in [0.25, 0.3) is 0 Å². The summed E-state index contributed by atoms with van der Waals surface area (Å²) in [6.45, 7) is 1.26. The Hall–Kier alpha value is -1.80. The first-order valence-corrected chi connectivity index (χ1v) is 5.72. The molecule has 0 saturated heterocycles. The van der Waals surface area contributed by atoms with E-state index in [9.17, 15) is 8.78 Å². The van der Waals surface area contributed by atoms with Gasteiger partial charge in [-0.3, -0.25) is 5.32 Å². The Morgan fingerprint density at radius 3 is 2.58 bits per heavy atom. The number of methoxy groups -OCH3 is 1. The topological polar surface area (TPSA) is 30.5 Å². The molecule has 5 heteroatoms. The van der Waals surface area contributed by atoms with Crippen molar-refractivity contribution >= 4 is 0 Å². The fourth-order valence-electron chi connectivity index (χ4n) is 1.39. The monoisotopic (exact) mass is 269 g/mol. The van der Waals surface area contributed by atoms with Crippen LogP contribution in [-0.4, -0.2) is 19.3 Å². The van der Waals surface area contributed by atoms with Crippen LogP contribution in [0.3, 0.4) is 0 Å². The number of nitrogens with one attached hydrogen (secondary N) is 1. The molecule has 0 saturated carbocycles. The van der Waals surface area contributed by atoms with E-state index in [1.165, 1.54) is 13.2 Å². The van der Waals surface area contributed by atoms with Crippen LogP contribution >= 0.6 is 0 Å². The molecule has 104 valence electrons. The molecule has 0 radical (unpaired) electrons. The molecule has 0 heterocycles. The van der Waals surface area contributed by atoms with Crippen LogP contribution in [0.4, 0.5) is 8.78 Å². The van der Waals surface area contributed by atoms with E-state index in [0.717, 1.165) is 5.56 Å². The van der Waals surface area contributed by atoms with E-state index in [1.807, 2.05) is 13.8 Å². The molecule has 0 aliphatic carbocycles. The second-order valence-electron chi connectivity index (χ2n) is 4.49. The standard InChI is InChI=1S/C14H17F2NO2/c1-5-14(2,3)17-9-10-6-7-11(18-4)12(8-10)19-13(15)16/h1,6-8,13,17H,9H2,2-4H3. The van der Waals surface area contributed by atoms with Gasteiger partial charge in [0, 0.05) is 6.54 Å². The van der Waals surface area contributed by atoms with E-state index >= 15 is 0 Å². The zero-order valence-electron chi connectivity index (χ0n) is 11.2. The summed E-state index contributed by atoms with van der Waals surface area (Å²) in [5.41, 5.74) is 0.309. The summed E-state index contributed by atoms with van der Waals surface area (Å²) in [4.78, 5) is 0. The molecule has 19 heavy (non-hydrogen) atoms. The van der Waals surface area contributed by atoms with Crippen LogP contribution in [0.5, 0.6) is 11.5 Å². The second-order valence-corrected chi connectivity index (χ2v) is 4.49. The molecule has 0 aliphatic heterocycles. The highest BCUT2D eigenvalue weighted by Gasteiger charge is 2.14. The molecule has 1 N–H and O–H groups in total. The molecular formula is C14H17F2NO2. The SMILES string of the molecule is C#CC(C)(C)NCc1ccc(OC)c(OC(F)F)c1. The molecule has 0 bridgehead atoms. The quantitative estimate of drug-likeness (QED) is 0.806. The molecule has 0 spiro atoms. The van der Waals surface area contributed by atoms with Crippen LogP contribution in [0.2, 0.25) is 0 Å². The average molecular weight is 269 g/mol. The first-order valence-electron chi connectivity index (χ1n) is 5.72. The van der Waals surface area contributed by atoms with Crippen LogP contribution in [-0.2, 0) is 6.54 Å². The van der Waals surface area contributed by atoms with E-state index in [0.29, 0.717) is 6.54 Å². The summed E-state index contributed by atoms with van der Waals surface area (Å²) < 4.78 is 33.9. The first kappa shape index (κ1) is 15.3. The number of benzene rings is 1. The Morgan fingerprint density at radius 2 is 2.05 bits per heavy atom. The highest BCUT2D eigenvalue weighted by Crippen LogP contribution is 2.29. The third-order valence-electron chi connectivity index (χ3n) is 2.54. The highest BCUT2D eigenvalue weighted by molar-refractivity contribution is 5.43. The first-order chi connectivity index (χ1) is 8.88. The number of alkyl halides is 2. The van der Waals surface area contributed by atoms with Gasteiger partial charge in [0.25, 0.3) is 0 Å². The lowest BCUT2D eigenvalue weighted by Gasteiger charge is -2.20. The van der Waals surface area contributed by atoms with Crippen molar-refractivity contribution in [1.82, 2.24) is 5.32 Å². The van der Waals surface area contributed by atoms with Crippen molar-refractivity contribution in [2.24, 2.45) is 0 Å². The lowest BCUT2D eigenvalue weighted by Crippen LogP contribution is -2.36. The smallest absolute Gasteiger partial charge is 0.387 e. The fraction of sp³-hybridized carbons (Fsp3) is 0.429. The van der Waals surface area contributed by atoms with Crippen molar-refractivity contribution in [2.45, 2.75) is 32.5 Å². The minimum absolute atomic E-state index is 0.00955. The maximum Gasteiger partial charge on any atom is 0.387 e. The van der Waals surface area contributed by atoms with Crippen LogP contribution in [0.15, 0.2) is 18.2 Å². The van der Waals surface area contributed by atoms with Crippen molar-refractivity contribution in [3.8, 4) is 23.8 Å². The van der Waals surface area contributed by atoms with E-state index in [2.05, 4.69) is 16.0 Å². The van der Waals surface area contributed by atoms with E-state index in [1.54, 1.807) is 12.1 Å². The molecule has 1 aromatic rings. The molecule has 0 fully saturated rings. The number of hydrogen-bond donors (Lipinski definition) is 1. The summed E-state index contributed by atoms with van der Waals surface area (Å²) >= 11 is 0. The van der Waals surface area contributed by atoms with Gasteiger partial charge in [-0.1, -0.05) is 12.0 Å². The van der Waals surface area contributed by atoms with Gasteiger partial charge in [-0.2, -0.15) is 8.78 Å². The van der Waals surface area contributed by atoms with E-state index < -0.39 is 12.2 Å². The Morgan fingerprint density at radius 1 is 1.37 bits per heavy atom. The summed E-state index contributed by atoms with van der Waals surface area (Å²) in [7, 11) is 1.40. The molecule has 0 unspecified atom stereocenters. The number of terminal acetylenes is 1. The summed E-state index contributed by atoms with van der Waals surface area (Å²) in [5.74, 6) is 2.87. The van der Waals surface area contributed by atoms with Gasteiger partial charge >= 0.3 is 6.61 Å². The van der Waals surface area contributed by atoms with Gasteiger partial charge in [0.2, 0.25) is 0 Å². The third-order valence-corrected chi connectivity index (χ3v) is 2.54. The molecule has 0 amide bonds. The van der Waals surface area contributed by atoms with Crippen molar-refractivity contribution in [1.29, 1.82) is 0 Å². The number of ether oxygens (including phenoxy) is 2. The minimum atomic E-state index is -2.89. The Labute approximate surface area is 111 Å². The van der Waals surface area contributed by atoms with Crippen molar-refractivity contribution in [2.75, 3.05) is 7.11 Å². The molecule has 0 aromatic heterocycles. The lowest BCUT2D eigenvalue weighted by atomic mass is 10.1. The Bertz CT molecular complexity index is 467.